The number of halogens is 1. The number of anilines is 1. The summed E-state index contributed by atoms with van der Waals surface area (Å²) in [4.78, 5) is 0.192. The molecule has 0 bridgehead atoms. The second-order valence-corrected chi connectivity index (χ2v) is 7.13. The van der Waals surface area contributed by atoms with Crippen LogP contribution in [0, 0.1) is 6.92 Å². The predicted octanol–water partition coefficient (Wildman–Crippen LogP) is 3.09. The molecule has 2 N–H and O–H groups in total. The van der Waals surface area contributed by atoms with Crippen LogP contribution in [0.15, 0.2) is 51.8 Å². The molecule has 0 fully saturated rings. The second kappa shape index (κ2) is 6.60. The van der Waals surface area contributed by atoms with Gasteiger partial charge in [0.25, 0.3) is 10.0 Å². The first kappa shape index (κ1) is 16.0. The average molecular weight is 370 g/mol. The summed E-state index contributed by atoms with van der Waals surface area (Å²) in [6, 6.07) is 11.9. The first-order valence-electron chi connectivity index (χ1n) is 6.42. The van der Waals surface area contributed by atoms with E-state index < -0.39 is 10.0 Å². The Morgan fingerprint density at radius 1 is 1.14 bits per heavy atom. The SMILES string of the molecule is Cc1cccc(NS(=O)(=O)c2ccc(CCO)cc2)c1Br. The van der Waals surface area contributed by atoms with Crippen LogP contribution in [0.1, 0.15) is 11.1 Å². The Balaban J connectivity index is 2.27. The van der Waals surface area contributed by atoms with Crippen molar-refractivity contribution in [1.82, 2.24) is 0 Å². The van der Waals surface area contributed by atoms with Crippen LogP contribution < -0.4 is 4.72 Å². The molecule has 0 radical (unpaired) electrons. The molecule has 0 aliphatic heterocycles. The van der Waals surface area contributed by atoms with Crippen molar-refractivity contribution in [3.05, 3.63) is 58.1 Å². The quantitative estimate of drug-likeness (QED) is 0.850. The third kappa shape index (κ3) is 3.84. The fourth-order valence-electron chi connectivity index (χ4n) is 1.89. The molecule has 0 heterocycles. The maximum Gasteiger partial charge on any atom is 0.261 e. The van der Waals surface area contributed by atoms with Gasteiger partial charge in [-0.25, -0.2) is 8.42 Å². The maximum atomic E-state index is 12.4. The van der Waals surface area contributed by atoms with E-state index in [1.165, 1.54) is 12.1 Å². The van der Waals surface area contributed by atoms with Crippen molar-refractivity contribution in [2.45, 2.75) is 18.2 Å². The molecule has 0 aliphatic carbocycles. The van der Waals surface area contributed by atoms with Crippen molar-refractivity contribution < 1.29 is 13.5 Å². The third-order valence-electron chi connectivity index (χ3n) is 3.07. The van der Waals surface area contributed by atoms with Crippen molar-refractivity contribution in [3.8, 4) is 0 Å². The number of benzene rings is 2. The molecule has 112 valence electrons. The van der Waals surface area contributed by atoms with Crippen molar-refractivity contribution in [2.75, 3.05) is 11.3 Å². The molecule has 2 rings (SSSR count). The van der Waals surface area contributed by atoms with Gasteiger partial charge in [0.05, 0.1) is 10.6 Å². The lowest BCUT2D eigenvalue weighted by Gasteiger charge is -2.11. The molecular weight excluding hydrogens is 354 g/mol. The molecule has 0 saturated heterocycles. The van der Waals surface area contributed by atoms with E-state index in [0.29, 0.717) is 12.1 Å². The van der Waals surface area contributed by atoms with E-state index in [1.807, 2.05) is 13.0 Å². The second-order valence-electron chi connectivity index (χ2n) is 4.66. The molecule has 0 aliphatic rings. The zero-order chi connectivity index (χ0) is 15.5. The third-order valence-corrected chi connectivity index (χ3v) is 5.50. The average Bonchev–Trinajstić information content (AvgIpc) is 2.45. The Labute approximate surface area is 133 Å². The van der Waals surface area contributed by atoms with E-state index in [9.17, 15) is 8.42 Å². The number of rotatable bonds is 5. The molecule has 2 aromatic rings. The van der Waals surface area contributed by atoms with Crippen LogP contribution in [-0.4, -0.2) is 20.1 Å². The summed E-state index contributed by atoms with van der Waals surface area (Å²) in [5.74, 6) is 0. The van der Waals surface area contributed by atoms with Crippen LogP contribution in [0.3, 0.4) is 0 Å². The largest absolute Gasteiger partial charge is 0.396 e. The lowest BCUT2D eigenvalue weighted by atomic mass is 10.2. The van der Waals surface area contributed by atoms with E-state index >= 15 is 0 Å². The monoisotopic (exact) mass is 369 g/mol. The van der Waals surface area contributed by atoms with Crippen molar-refractivity contribution in [3.63, 3.8) is 0 Å². The lowest BCUT2D eigenvalue weighted by molar-refractivity contribution is 0.299. The normalized spacial score (nSPS) is 11.4. The summed E-state index contributed by atoms with van der Waals surface area (Å²) in [5, 5.41) is 8.86. The number of sulfonamides is 1. The fraction of sp³-hybridized carbons (Fsp3) is 0.200. The molecule has 0 spiro atoms. The topological polar surface area (TPSA) is 66.4 Å². The van der Waals surface area contributed by atoms with Gasteiger partial charge >= 0.3 is 0 Å². The van der Waals surface area contributed by atoms with Crippen LogP contribution >= 0.6 is 15.9 Å². The molecular formula is C15H16BrNO3S. The number of aliphatic hydroxyl groups is 1. The highest BCUT2D eigenvalue weighted by atomic mass is 79.9. The Hall–Kier alpha value is -1.37. The molecule has 0 amide bonds. The van der Waals surface area contributed by atoms with Crippen molar-refractivity contribution in [2.24, 2.45) is 0 Å². The molecule has 21 heavy (non-hydrogen) atoms. The summed E-state index contributed by atoms with van der Waals surface area (Å²) in [7, 11) is -3.63. The molecule has 2 aromatic carbocycles. The molecule has 6 heteroatoms. The van der Waals surface area contributed by atoms with Crippen LogP contribution in [-0.2, 0) is 16.4 Å². The van der Waals surface area contributed by atoms with E-state index in [1.54, 1.807) is 24.3 Å². The summed E-state index contributed by atoms with van der Waals surface area (Å²) in [5.41, 5.74) is 2.36. The minimum Gasteiger partial charge on any atom is -0.396 e. The van der Waals surface area contributed by atoms with Gasteiger partial charge in [-0.2, -0.15) is 0 Å². The van der Waals surface area contributed by atoms with Gasteiger partial charge in [0.2, 0.25) is 0 Å². The smallest absolute Gasteiger partial charge is 0.261 e. The van der Waals surface area contributed by atoms with Crippen molar-refractivity contribution in [1.29, 1.82) is 0 Å². The molecule has 0 atom stereocenters. The van der Waals surface area contributed by atoms with E-state index in [4.69, 9.17) is 5.11 Å². The van der Waals surface area contributed by atoms with Gasteiger partial charge in [-0.1, -0.05) is 24.3 Å². The highest BCUT2D eigenvalue weighted by molar-refractivity contribution is 9.10. The predicted molar refractivity (Wildman–Crippen MR) is 86.9 cm³/mol. The fourth-order valence-corrected chi connectivity index (χ4v) is 3.46. The summed E-state index contributed by atoms with van der Waals surface area (Å²) in [6.45, 7) is 1.94. The Kier molecular flexibility index (Phi) is 5.03. The molecule has 4 nitrogen and oxygen atoms in total. The number of nitrogens with one attached hydrogen (secondary N) is 1. The van der Waals surface area contributed by atoms with Gasteiger partial charge in [-0.05, 0) is 58.6 Å². The highest BCUT2D eigenvalue weighted by Gasteiger charge is 2.15. The van der Waals surface area contributed by atoms with Gasteiger partial charge in [0.1, 0.15) is 0 Å². The highest BCUT2D eigenvalue weighted by Crippen LogP contribution is 2.28. The van der Waals surface area contributed by atoms with Crippen LogP contribution in [0.4, 0.5) is 5.69 Å². The van der Waals surface area contributed by atoms with Crippen LogP contribution in [0.25, 0.3) is 0 Å². The number of hydrogen-bond acceptors (Lipinski definition) is 3. The summed E-state index contributed by atoms with van der Waals surface area (Å²) in [6.07, 6.45) is 0.511. The molecule has 0 unspecified atom stereocenters. The van der Waals surface area contributed by atoms with Crippen molar-refractivity contribution >= 4 is 31.6 Å². The van der Waals surface area contributed by atoms with Gasteiger partial charge in [0, 0.05) is 11.1 Å². The Morgan fingerprint density at radius 2 is 1.81 bits per heavy atom. The summed E-state index contributed by atoms with van der Waals surface area (Å²) >= 11 is 3.38. The standard InChI is InChI=1S/C15H16BrNO3S/c1-11-3-2-4-14(15(11)16)17-21(19,20)13-7-5-12(6-8-13)9-10-18/h2-8,17-18H,9-10H2,1H3. The van der Waals surface area contributed by atoms with E-state index in [2.05, 4.69) is 20.7 Å². The van der Waals surface area contributed by atoms with Crippen LogP contribution in [0.5, 0.6) is 0 Å². The molecule has 0 aromatic heterocycles. The zero-order valence-corrected chi connectivity index (χ0v) is 13.9. The van der Waals surface area contributed by atoms with E-state index in [0.717, 1.165) is 15.6 Å². The zero-order valence-electron chi connectivity index (χ0n) is 11.5. The summed E-state index contributed by atoms with van der Waals surface area (Å²) < 4.78 is 28.0. The maximum absolute atomic E-state index is 12.4. The lowest BCUT2D eigenvalue weighted by Crippen LogP contribution is -2.13. The van der Waals surface area contributed by atoms with E-state index in [-0.39, 0.29) is 11.5 Å². The first-order valence-corrected chi connectivity index (χ1v) is 8.69. The van der Waals surface area contributed by atoms with Crippen LogP contribution in [0.2, 0.25) is 0 Å². The van der Waals surface area contributed by atoms with Gasteiger partial charge in [-0.15, -0.1) is 0 Å². The van der Waals surface area contributed by atoms with Gasteiger partial charge < -0.3 is 5.11 Å². The first-order chi connectivity index (χ1) is 9.94. The minimum atomic E-state index is -3.63. The number of aliphatic hydroxyl groups excluding tert-OH is 1. The minimum absolute atomic E-state index is 0.0422. The number of aryl methyl sites for hydroxylation is 1. The number of hydrogen-bond donors (Lipinski definition) is 2. The molecule has 0 saturated carbocycles. The Morgan fingerprint density at radius 3 is 2.43 bits per heavy atom. The van der Waals surface area contributed by atoms with Gasteiger partial charge in [-0.3, -0.25) is 4.72 Å². The van der Waals surface area contributed by atoms with Gasteiger partial charge in [0.15, 0.2) is 0 Å². The Bertz CT molecular complexity index is 727.